The van der Waals surface area contributed by atoms with Gasteiger partial charge in [0, 0.05) is 25.8 Å². The van der Waals surface area contributed by atoms with Crippen molar-refractivity contribution < 1.29 is 4.79 Å². The molecule has 1 aromatic heterocycles. The normalized spacial score (nSPS) is 14.2. The second-order valence-electron chi connectivity index (χ2n) is 6.32. The Hall–Kier alpha value is -1.82. The van der Waals surface area contributed by atoms with Gasteiger partial charge in [0.1, 0.15) is 11.9 Å². The van der Waals surface area contributed by atoms with Crippen molar-refractivity contribution >= 4 is 36.5 Å². The number of carbonyl (C=O) groups is 1. The van der Waals surface area contributed by atoms with Gasteiger partial charge in [-0.1, -0.05) is 35.9 Å². The van der Waals surface area contributed by atoms with Crippen molar-refractivity contribution in [1.29, 1.82) is 0 Å². The van der Waals surface area contributed by atoms with Crippen LogP contribution in [0.5, 0.6) is 0 Å². The number of nitrogens with one attached hydrogen (secondary N) is 1. The Labute approximate surface area is 167 Å². The fourth-order valence-electron chi connectivity index (χ4n) is 2.88. The largest absolute Gasteiger partial charge is 0.357 e. The molecule has 0 spiro atoms. The molecule has 1 aromatic carbocycles. The number of anilines is 1. The van der Waals surface area contributed by atoms with Crippen molar-refractivity contribution in [1.82, 2.24) is 10.3 Å². The van der Waals surface area contributed by atoms with Crippen LogP contribution in [0.25, 0.3) is 0 Å². The van der Waals surface area contributed by atoms with E-state index in [-0.39, 0.29) is 30.7 Å². The highest BCUT2D eigenvalue weighted by Crippen LogP contribution is 2.17. The topological polar surface area (TPSA) is 71.2 Å². The maximum Gasteiger partial charge on any atom is 0.241 e. The number of rotatable bonds is 5. The van der Waals surface area contributed by atoms with Crippen LogP contribution in [0.4, 0.5) is 5.82 Å². The van der Waals surface area contributed by atoms with Crippen LogP contribution in [0.1, 0.15) is 35.6 Å². The van der Waals surface area contributed by atoms with Gasteiger partial charge in [-0.05, 0) is 37.0 Å². The Morgan fingerprint density at radius 2 is 1.81 bits per heavy atom. The number of pyridine rings is 1. The lowest BCUT2D eigenvalue weighted by atomic mass is 10.1. The summed E-state index contributed by atoms with van der Waals surface area (Å²) in [7, 11) is 0. The molecule has 1 atom stereocenters. The Morgan fingerprint density at radius 1 is 1.15 bits per heavy atom. The zero-order valence-electron chi connectivity index (χ0n) is 14.9. The molecule has 1 aliphatic rings. The number of amides is 1. The summed E-state index contributed by atoms with van der Waals surface area (Å²) in [5.74, 6) is 0.835. The molecule has 2 aromatic rings. The Kier molecular flexibility index (Phi) is 8.85. The van der Waals surface area contributed by atoms with Crippen molar-refractivity contribution in [2.75, 3.05) is 18.0 Å². The van der Waals surface area contributed by atoms with E-state index in [9.17, 15) is 4.79 Å². The molecule has 1 unspecified atom stereocenters. The molecular weight excluding hydrogens is 371 g/mol. The van der Waals surface area contributed by atoms with Crippen LogP contribution in [-0.4, -0.2) is 24.0 Å². The number of hydrogen-bond donors (Lipinski definition) is 2. The zero-order chi connectivity index (χ0) is 16.9. The van der Waals surface area contributed by atoms with Gasteiger partial charge in [-0.25, -0.2) is 4.98 Å². The van der Waals surface area contributed by atoms with E-state index < -0.39 is 6.04 Å². The molecule has 1 amide bonds. The molecule has 3 rings (SSSR count). The number of nitrogens with two attached hydrogens (primary N) is 1. The van der Waals surface area contributed by atoms with E-state index in [2.05, 4.69) is 15.2 Å². The number of aromatic nitrogens is 1. The third-order valence-electron chi connectivity index (χ3n) is 4.42. The third-order valence-corrected chi connectivity index (χ3v) is 4.42. The van der Waals surface area contributed by atoms with Gasteiger partial charge in [0.25, 0.3) is 0 Å². The first-order valence-corrected chi connectivity index (χ1v) is 8.43. The van der Waals surface area contributed by atoms with Crippen LogP contribution in [-0.2, 0) is 11.3 Å². The minimum atomic E-state index is -0.651. The average molecular weight is 397 g/mol. The quantitative estimate of drug-likeness (QED) is 0.813. The van der Waals surface area contributed by atoms with Gasteiger partial charge in [-0.15, -0.1) is 24.8 Å². The van der Waals surface area contributed by atoms with Crippen LogP contribution >= 0.6 is 24.8 Å². The molecule has 0 aliphatic carbocycles. The highest BCUT2D eigenvalue weighted by atomic mass is 35.5. The minimum Gasteiger partial charge on any atom is -0.357 e. The summed E-state index contributed by atoms with van der Waals surface area (Å²) < 4.78 is 0. The van der Waals surface area contributed by atoms with Crippen molar-refractivity contribution in [3.05, 3.63) is 59.3 Å². The summed E-state index contributed by atoms with van der Waals surface area (Å²) in [5.41, 5.74) is 8.97. The number of benzene rings is 1. The number of halogens is 2. The van der Waals surface area contributed by atoms with Crippen LogP contribution in [0.2, 0.25) is 0 Å². The maximum absolute atomic E-state index is 12.2. The van der Waals surface area contributed by atoms with E-state index in [1.54, 1.807) is 0 Å². The molecule has 1 aliphatic heterocycles. The van der Waals surface area contributed by atoms with Crippen molar-refractivity contribution in [2.24, 2.45) is 5.73 Å². The Balaban J connectivity index is 0.00000169. The first-order valence-electron chi connectivity index (χ1n) is 8.43. The van der Waals surface area contributed by atoms with Gasteiger partial charge in [0.05, 0.1) is 0 Å². The molecule has 3 N–H and O–H groups in total. The van der Waals surface area contributed by atoms with Gasteiger partial charge in [0.15, 0.2) is 0 Å². The minimum absolute atomic E-state index is 0. The Bertz CT molecular complexity index is 686. The van der Waals surface area contributed by atoms with E-state index in [1.807, 2.05) is 49.5 Å². The molecule has 5 nitrogen and oxygen atoms in total. The third kappa shape index (κ3) is 5.59. The summed E-state index contributed by atoms with van der Waals surface area (Å²) in [6.07, 6.45) is 4.29. The van der Waals surface area contributed by atoms with Crippen LogP contribution in [0.15, 0.2) is 42.6 Å². The SMILES string of the molecule is Cc1ccc(C(N)C(=O)NCc2ccc(N3CCCC3)nc2)cc1.Cl.Cl. The molecule has 0 saturated carbocycles. The van der Waals surface area contributed by atoms with Gasteiger partial charge in [-0.3, -0.25) is 4.79 Å². The summed E-state index contributed by atoms with van der Waals surface area (Å²) in [4.78, 5) is 19.0. The van der Waals surface area contributed by atoms with E-state index in [4.69, 9.17) is 5.73 Å². The van der Waals surface area contributed by atoms with Crippen LogP contribution < -0.4 is 16.0 Å². The monoisotopic (exact) mass is 396 g/mol. The van der Waals surface area contributed by atoms with E-state index in [0.29, 0.717) is 6.54 Å². The molecule has 0 radical (unpaired) electrons. The van der Waals surface area contributed by atoms with Gasteiger partial charge >= 0.3 is 0 Å². The van der Waals surface area contributed by atoms with Crippen LogP contribution in [0.3, 0.4) is 0 Å². The van der Waals surface area contributed by atoms with Crippen molar-refractivity contribution in [3.63, 3.8) is 0 Å². The fraction of sp³-hybridized carbons (Fsp3) is 0.368. The highest BCUT2D eigenvalue weighted by Gasteiger charge is 2.16. The standard InChI is InChI=1S/C19H24N4O.2ClH/c1-14-4-7-16(8-5-14)18(20)19(24)22-13-15-6-9-17(21-12-15)23-10-2-3-11-23;;/h4-9,12,18H,2-3,10-11,13,20H2,1H3,(H,22,24);2*1H. The maximum atomic E-state index is 12.2. The van der Waals surface area contributed by atoms with Gasteiger partial charge in [0.2, 0.25) is 5.91 Å². The molecule has 2 heterocycles. The lowest BCUT2D eigenvalue weighted by molar-refractivity contribution is -0.122. The number of carbonyl (C=O) groups excluding carboxylic acids is 1. The van der Waals surface area contributed by atoms with Crippen molar-refractivity contribution in [2.45, 2.75) is 32.4 Å². The second-order valence-corrected chi connectivity index (χ2v) is 6.32. The van der Waals surface area contributed by atoms with E-state index >= 15 is 0 Å². The Morgan fingerprint density at radius 3 is 2.38 bits per heavy atom. The average Bonchev–Trinajstić information content (AvgIpc) is 3.15. The lowest BCUT2D eigenvalue weighted by Gasteiger charge is -2.16. The number of nitrogens with zero attached hydrogens (tertiary/aromatic N) is 2. The second kappa shape index (κ2) is 10.4. The summed E-state index contributed by atoms with van der Waals surface area (Å²) in [6, 6.07) is 11.1. The molecule has 1 fully saturated rings. The molecular formula is C19H26Cl2N4O. The zero-order valence-corrected chi connectivity index (χ0v) is 16.5. The summed E-state index contributed by atoms with van der Waals surface area (Å²) in [6.45, 7) is 4.60. The van der Waals surface area contributed by atoms with E-state index in [1.165, 1.54) is 12.8 Å². The predicted molar refractivity (Wildman–Crippen MR) is 110 cm³/mol. The number of aryl methyl sites for hydroxylation is 1. The first kappa shape index (κ1) is 22.2. The first-order chi connectivity index (χ1) is 11.6. The van der Waals surface area contributed by atoms with E-state index in [0.717, 1.165) is 35.6 Å². The predicted octanol–water partition coefficient (Wildman–Crippen LogP) is 3.15. The molecule has 7 heteroatoms. The van der Waals surface area contributed by atoms with Gasteiger partial charge < -0.3 is 16.0 Å². The number of hydrogen-bond acceptors (Lipinski definition) is 4. The highest BCUT2D eigenvalue weighted by molar-refractivity contribution is 5.85. The van der Waals surface area contributed by atoms with Crippen LogP contribution in [0, 0.1) is 6.92 Å². The van der Waals surface area contributed by atoms with Crippen molar-refractivity contribution in [3.8, 4) is 0 Å². The smallest absolute Gasteiger partial charge is 0.241 e. The summed E-state index contributed by atoms with van der Waals surface area (Å²) in [5, 5.41) is 2.88. The molecule has 26 heavy (non-hydrogen) atoms. The molecule has 142 valence electrons. The fourth-order valence-corrected chi connectivity index (χ4v) is 2.88. The summed E-state index contributed by atoms with van der Waals surface area (Å²) >= 11 is 0. The molecule has 1 saturated heterocycles. The van der Waals surface area contributed by atoms with Gasteiger partial charge in [-0.2, -0.15) is 0 Å². The lowest BCUT2D eigenvalue weighted by Crippen LogP contribution is -2.33. The molecule has 0 bridgehead atoms.